The molecular formula is C12H24O11. The fourth-order valence-electron chi connectivity index (χ4n) is 1.65. The molecule has 1 heterocycles. The zero-order valence-corrected chi connectivity index (χ0v) is 12.3. The summed E-state index contributed by atoms with van der Waals surface area (Å²) in [5, 5.41) is 79.8. The van der Waals surface area contributed by atoms with Crippen LogP contribution in [0.2, 0.25) is 0 Å². The van der Waals surface area contributed by atoms with Gasteiger partial charge in [0, 0.05) is 0 Å². The van der Waals surface area contributed by atoms with E-state index < -0.39 is 61.7 Å². The highest BCUT2D eigenvalue weighted by molar-refractivity contribution is 5.56. The van der Waals surface area contributed by atoms with Crippen molar-refractivity contribution in [2.75, 3.05) is 6.61 Å². The van der Waals surface area contributed by atoms with E-state index in [0.29, 0.717) is 0 Å². The maximum atomic E-state index is 9.87. The monoisotopic (exact) mass is 344 g/mol. The number of carbonyl (C=O) groups excluding carboxylic acids is 1. The van der Waals surface area contributed by atoms with Crippen molar-refractivity contribution < 1.29 is 55.5 Å². The Balaban J connectivity index is 0.000000423. The van der Waals surface area contributed by atoms with E-state index in [9.17, 15) is 4.79 Å². The van der Waals surface area contributed by atoms with Crippen molar-refractivity contribution in [2.24, 2.45) is 0 Å². The minimum atomic E-state index is -1.65. The molecule has 0 unspecified atom stereocenters. The van der Waals surface area contributed by atoms with Gasteiger partial charge in [-0.2, -0.15) is 0 Å². The molecule has 9 atom stereocenters. The highest BCUT2D eigenvalue weighted by atomic mass is 16.6. The first-order valence-corrected chi connectivity index (χ1v) is 6.74. The SMILES string of the molecule is C[C@H](O)[C@@H](O)[C@@H](O)[C@H](O)C=O.OC[C@H]1O[C@H](O)[C@H](O)[C@@H](O)[C@@H]1O. The summed E-state index contributed by atoms with van der Waals surface area (Å²) < 4.78 is 4.58. The highest BCUT2D eigenvalue weighted by Crippen LogP contribution is 2.18. The van der Waals surface area contributed by atoms with Gasteiger partial charge in [0.15, 0.2) is 12.6 Å². The molecule has 0 aliphatic carbocycles. The smallest absolute Gasteiger partial charge is 0.184 e. The van der Waals surface area contributed by atoms with Crippen molar-refractivity contribution in [3.63, 3.8) is 0 Å². The second-order valence-electron chi connectivity index (χ2n) is 5.07. The van der Waals surface area contributed by atoms with Crippen LogP contribution in [0.4, 0.5) is 0 Å². The lowest BCUT2D eigenvalue weighted by Gasteiger charge is -2.37. The van der Waals surface area contributed by atoms with Gasteiger partial charge in [0.05, 0.1) is 12.7 Å². The third-order valence-electron chi connectivity index (χ3n) is 3.20. The fraction of sp³-hybridized carbons (Fsp3) is 0.917. The van der Waals surface area contributed by atoms with Crippen molar-refractivity contribution in [1.82, 2.24) is 0 Å². The number of hydrogen-bond donors (Lipinski definition) is 9. The molecular weight excluding hydrogens is 320 g/mol. The normalized spacial score (nSPS) is 36.2. The van der Waals surface area contributed by atoms with Crippen molar-refractivity contribution in [2.45, 2.75) is 62.0 Å². The summed E-state index contributed by atoms with van der Waals surface area (Å²) in [6, 6.07) is 0. The summed E-state index contributed by atoms with van der Waals surface area (Å²) >= 11 is 0. The van der Waals surface area contributed by atoms with Gasteiger partial charge >= 0.3 is 0 Å². The number of aliphatic hydroxyl groups excluding tert-OH is 9. The summed E-state index contributed by atoms with van der Waals surface area (Å²) in [7, 11) is 0. The first-order valence-electron chi connectivity index (χ1n) is 6.74. The largest absolute Gasteiger partial charge is 0.394 e. The molecule has 1 fully saturated rings. The molecule has 138 valence electrons. The van der Waals surface area contributed by atoms with E-state index in [2.05, 4.69) is 4.74 Å². The number of carbonyl (C=O) groups is 1. The summed E-state index contributed by atoms with van der Waals surface area (Å²) in [6.45, 7) is 0.716. The van der Waals surface area contributed by atoms with Crippen LogP contribution in [0, 0.1) is 0 Å². The Labute approximate surface area is 131 Å². The van der Waals surface area contributed by atoms with Crippen LogP contribution in [-0.2, 0) is 9.53 Å². The van der Waals surface area contributed by atoms with Gasteiger partial charge in [-0.3, -0.25) is 0 Å². The van der Waals surface area contributed by atoms with E-state index in [1.165, 1.54) is 6.92 Å². The van der Waals surface area contributed by atoms with E-state index in [1.54, 1.807) is 0 Å². The van der Waals surface area contributed by atoms with Crippen molar-refractivity contribution in [1.29, 1.82) is 0 Å². The standard InChI is InChI=1S/C6H12O6.C6H12O5/c7-1-2-3(8)4(9)5(10)6(11)12-2;1-3(8)5(10)6(11)4(9)2-7/h2-11H,1H2;2-6,8-11H,1H3/t2-,3-,4+,5-,6+;3-,4+,5+,6-/m10/s1. The van der Waals surface area contributed by atoms with Gasteiger partial charge in [-0.1, -0.05) is 0 Å². The molecule has 1 rings (SSSR count). The van der Waals surface area contributed by atoms with Gasteiger partial charge in [0.25, 0.3) is 0 Å². The Morgan fingerprint density at radius 2 is 1.48 bits per heavy atom. The van der Waals surface area contributed by atoms with Crippen molar-refractivity contribution >= 4 is 6.29 Å². The summed E-state index contributed by atoms with van der Waals surface area (Å²) in [4.78, 5) is 9.87. The van der Waals surface area contributed by atoms with Gasteiger partial charge in [0.1, 0.15) is 42.7 Å². The van der Waals surface area contributed by atoms with Crippen molar-refractivity contribution in [3.8, 4) is 0 Å². The number of aliphatic hydroxyl groups is 9. The van der Waals surface area contributed by atoms with Gasteiger partial charge < -0.3 is 55.5 Å². The third kappa shape index (κ3) is 6.35. The van der Waals surface area contributed by atoms with Crippen molar-refractivity contribution in [3.05, 3.63) is 0 Å². The average Bonchev–Trinajstić information content (AvgIpc) is 2.54. The topological polar surface area (TPSA) is 208 Å². The number of aldehydes is 1. The molecule has 0 aromatic rings. The first-order chi connectivity index (χ1) is 10.6. The van der Waals surface area contributed by atoms with Gasteiger partial charge in [0.2, 0.25) is 0 Å². The first kappa shape index (κ1) is 22.3. The van der Waals surface area contributed by atoms with E-state index in [4.69, 9.17) is 46.0 Å². The minimum absolute atomic E-state index is 0.0935. The number of hydrogen-bond acceptors (Lipinski definition) is 11. The van der Waals surface area contributed by atoms with Gasteiger partial charge in [-0.15, -0.1) is 0 Å². The molecule has 0 saturated carbocycles. The van der Waals surface area contributed by atoms with Gasteiger partial charge in [-0.25, -0.2) is 0 Å². The predicted octanol–water partition coefficient (Wildman–Crippen LogP) is -5.57. The number of ether oxygens (including phenoxy) is 1. The molecule has 0 bridgehead atoms. The zero-order valence-electron chi connectivity index (χ0n) is 12.3. The Morgan fingerprint density at radius 1 is 0.957 bits per heavy atom. The Morgan fingerprint density at radius 3 is 1.87 bits per heavy atom. The van der Waals surface area contributed by atoms with E-state index >= 15 is 0 Å². The van der Waals surface area contributed by atoms with Crippen LogP contribution in [-0.4, -0.2) is 114 Å². The van der Waals surface area contributed by atoms with Crippen LogP contribution < -0.4 is 0 Å². The van der Waals surface area contributed by atoms with Crippen LogP contribution in [0.5, 0.6) is 0 Å². The lowest BCUT2D eigenvalue weighted by molar-refractivity contribution is -0.286. The van der Waals surface area contributed by atoms with Crippen LogP contribution in [0.25, 0.3) is 0 Å². The Bertz CT molecular complexity index is 334. The van der Waals surface area contributed by atoms with Crippen LogP contribution >= 0.6 is 0 Å². The van der Waals surface area contributed by atoms with Gasteiger partial charge in [-0.05, 0) is 6.92 Å². The summed E-state index contributed by atoms with van der Waals surface area (Å²) in [6.07, 6.45) is -12.9. The average molecular weight is 344 g/mol. The summed E-state index contributed by atoms with van der Waals surface area (Å²) in [5.74, 6) is 0. The predicted molar refractivity (Wildman–Crippen MR) is 71.8 cm³/mol. The minimum Gasteiger partial charge on any atom is -0.394 e. The molecule has 11 nitrogen and oxygen atoms in total. The highest BCUT2D eigenvalue weighted by Gasteiger charge is 2.42. The molecule has 0 aromatic heterocycles. The molecule has 0 spiro atoms. The molecule has 1 aliphatic rings. The molecule has 0 amide bonds. The summed E-state index contributed by atoms with van der Waals surface area (Å²) in [5.41, 5.74) is 0. The van der Waals surface area contributed by atoms with E-state index in [1.807, 2.05) is 0 Å². The number of rotatable bonds is 5. The molecule has 11 heteroatoms. The van der Waals surface area contributed by atoms with Crippen LogP contribution in [0.15, 0.2) is 0 Å². The molecule has 9 N–H and O–H groups in total. The lowest BCUT2D eigenvalue weighted by atomic mass is 10.00. The van der Waals surface area contributed by atoms with E-state index in [-0.39, 0.29) is 6.29 Å². The molecule has 23 heavy (non-hydrogen) atoms. The van der Waals surface area contributed by atoms with Crippen LogP contribution in [0.3, 0.4) is 0 Å². The molecule has 0 aromatic carbocycles. The van der Waals surface area contributed by atoms with Crippen LogP contribution in [0.1, 0.15) is 6.92 Å². The Kier molecular flexibility index (Phi) is 9.88. The second-order valence-corrected chi connectivity index (χ2v) is 5.07. The second kappa shape index (κ2) is 10.2. The van der Waals surface area contributed by atoms with E-state index in [0.717, 1.165) is 0 Å². The maximum Gasteiger partial charge on any atom is 0.184 e. The zero-order chi connectivity index (χ0) is 18.3. The Hall–Kier alpha value is -0.730. The third-order valence-corrected chi connectivity index (χ3v) is 3.20. The lowest BCUT2D eigenvalue weighted by Crippen LogP contribution is -2.58. The quantitative estimate of drug-likeness (QED) is 0.215. The molecule has 0 radical (unpaired) electrons. The molecule has 1 saturated heterocycles. The molecule has 1 aliphatic heterocycles. The fourth-order valence-corrected chi connectivity index (χ4v) is 1.65. The maximum absolute atomic E-state index is 9.87.